The second-order valence-electron chi connectivity index (χ2n) is 14.6. The third-order valence-electron chi connectivity index (χ3n) is 5.89. The van der Waals surface area contributed by atoms with Gasteiger partial charge in [0.25, 0.3) is 0 Å². The average Bonchev–Trinajstić information content (AvgIpc) is 2.70. The molecule has 2 aromatic rings. The van der Waals surface area contributed by atoms with Gasteiger partial charge >= 0.3 is 0 Å². The second-order valence-corrected chi connectivity index (χ2v) is 28.8. The number of benzene rings is 2. The third-order valence-corrected chi connectivity index (χ3v) is 8.52. The van der Waals surface area contributed by atoms with E-state index >= 15 is 0 Å². The molecule has 0 saturated carbocycles. The summed E-state index contributed by atoms with van der Waals surface area (Å²) < 4.78 is 0. The highest BCUT2D eigenvalue weighted by Crippen LogP contribution is 2.30. The lowest BCUT2D eigenvalue weighted by Gasteiger charge is -2.23. The van der Waals surface area contributed by atoms with Gasteiger partial charge in [0.2, 0.25) is 0 Å². The van der Waals surface area contributed by atoms with Crippen molar-refractivity contribution in [2.45, 2.75) is 105 Å². The van der Waals surface area contributed by atoms with E-state index in [1.54, 1.807) is 0 Å². The van der Waals surface area contributed by atoms with Crippen LogP contribution in [0, 0.1) is 48.2 Å². The lowest BCUT2D eigenvalue weighted by atomic mass is 9.82. The molecule has 0 heterocycles. The van der Waals surface area contributed by atoms with Gasteiger partial charge < -0.3 is 0 Å². The first kappa shape index (κ1) is 31.0. The fraction of sp³-hybridized carbons (Fsp3) is 0.471. The van der Waals surface area contributed by atoms with Crippen LogP contribution < -0.4 is 0 Å². The van der Waals surface area contributed by atoms with Crippen LogP contribution in [0.5, 0.6) is 0 Å². The Labute approximate surface area is 232 Å². The van der Waals surface area contributed by atoms with Crippen molar-refractivity contribution in [3.05, 3.63) is 68.8 Å². The van der Waals surface area contributed by atoms with Gasteiger partial charge in [0.1, 0.15) is 24.2 Å². The van der Waals surface area contributed by atoms with Crippen LogP contribution in [-0.4, -0.2) is 24.2 Å². The molecule has 3 heteroatoms. The number of hydrogen-bond acceptors (Lipinski definition) is 0. The van der Waals surface area contributed by atoms with E-state index in [9.17, 15) is 0 Å². The van der Waals surface area contributed by atoms with E-state index in [4.69, 9.17) is 0 Å². The van der Waals surface area contributed by atoms with E-state index in [-0.39, 0.29) is 5.41 Å². The molecule has 0 aromatic heterocycles. The maximum atomic E-state index is 3.63. The van der Waals surface area contributed by atoms with Crippen LogP contribution >= 0.6 is 0 Å². The fourth-order valence-electron chi connectivity index (χ4n) is 3.81. The first-order valence-electron chi connectivity index (χ1n) is 13.5. The van der Waals surface area contributed by atoms with Crippen molar-refractivity contribution in [1.29, 1.82) is 0 Å². The van der Waals surface area contributed by atoms with Crippen molar-refractivity contribution in [2.75, 3.05) is 0 Å². The van der Waals surface area contributed by atoms with Gasteiger partial charge in [-0.05, 0) is 59.2 Å². The Morgan fingerprint density at radius 3 is 1.30 bits per heavy atom. The molecule has 0 unspecified atom stereocenters. The number of aryl methyl sites for hydroxylation is 2. The molecule has 2 rings (SSSR count). The lowest BCUT2D eigenvalue weighted by Crippen LogP contribution is -2.17. The summed E-state index contributed by atoms with van der Waals surface area (Å²) in [6, 6.07) is 9.20. The van der Waals surface area contributed by atoms with Gasteiger partial charge in [0.05, 0.1) is 0 Å². The summed E-state index contributed by atoms with van der Waals surface area (Å²) in [6.45, 7) is 32.1. The molecule has 0 N–H and O–H groups in total. The summed E-state index contributed by atoms with van der Waals surface area (Å²) in [5.41, 5.74) is 20.9. The summed E-state index contributed by atoms with van der Waals surface area (Å²) in [4.78, 5) is 0. The molecular weight excluding hydrogens is 493 g/mol. The van der Waals surface area contributed by atoms with Crippen LogP contribution in [-0.2, 0) is 11.8 Å². The van der Waals surface area contributed by atoms with Gasteiger partial charge in [-0.2, -0.15) is 0 Å². The van der Waals surface area contributed by atoms with E-state index in [2.05, 4.69) is 152 Å². The van der Waals surface area contributed by atoms with E-state index in [1.807, 2.05) is 0 Å². The van der Waals surface area contributed by atoms with Crippen LogP contribution in [0.15, 0.2) is 24.3 Å². The van der Waals surface area contributed by atoms with Crippen molar-refractivity contribution in [3.63, 3.8) is 0 Å². The van der Waals surface area contributed by atoms with Gasteiger partial charge in [0, 0.05) is 23.1 Å². The highest BCUT2D eigenvalue weighted by molar-refractivity contribution is 6.84. The minimum Gasteiger partial charge on any atom is -0.127 e. The summed E-state index contributed by atoms with van der Waals surface area (Å²) in [5, 5.41) is 0. The molecule has 0 aliphatic carbocycles. The Kier molecular flexibility index (Phi) is 9.43. The molecule has 0 radical (unpaired) electrons. The Balaban J connectivity index is 2.88. The van der Waals surface area contributed by atoms with E-state index in [0.717, 1.165) is 23.1 Å². The van der Waals surface area contributed by atoms with Crippen LogP contribution in [0.4, 0.5) is 0 Å². The van der Waals surface area contributed by atoms with E-state index in [1.165, 1.54) is 27.8 Å². The SMILES string of the molecule is Cc1cc(C(C)(C)C)cc(C)c1Cc1c(C#C[Si](C)(C)C)cc(C#C[Si](C)(C)C)cc1C#C[Si](C)(C)C. The summed E-state index contributed by atoms with van der Waals surface area (Å²) in [6.07, 6.45) is 0.843. The van der Waals surface area contributed by atoms with Gasteiger partial charge in [0.15, 0.2) is 0 Å². The maximum absolute atomic E-state index is 3.63. The van der Waals surface area contributed by atoms with Crippen molar-refractivity contribution in [3.8, 4) is 34.4 Å². The predicted molar refractivity (Wildman–Crippen MR) is 175 cm³/mol. The minimum atomic E-state index is -1.56. The molecule has 0 bridgehead atoms. The van der Waals surface area contributed by atoms with Crippen LogP contribution in [0.1, 0.15) is 65.3 Å². The van der Waals surface area contributed by atoms with Gasteiger partial charge in [-0.3, -0.25) is 0 Å². The normalized spacial score (nSPS) is 12.1. The zero-order valence-corrected chi connectivity index (χ0v) is 29.0. The zero-order chi connectivity index (χ0) is 28.4. The van der Waals surface area contributed by atoms with Crippen molar-refractivity contribution >= 4 is 24.2 Å². The van der Waals surface area contributed by atoms with Gasteiger partial charge in [-0.15, -0.1) is 16.6 Å². The molecule has 2 aromatic carbocycles. The van der Waals surface area contributed by atoms with Crippen molar-refractivity contribution in [1.82, 2.24) is 0 Å². The van der Waals surface area contributed by atoms with E-state index in [0.29, 0.717) is 0 Å². The van der Waals surface area contributed by atoms with Crippen LogP contribution in [0.3, 0.4) is 0 Å². The molecule has 0 atom stereocenters. The molecule has 0 saturated heterocycles. The number of hydrogen-bond donors (Lipinski definition) is 0. The molecular formula is C34H48Si3. The minimum absolute atomic E-state index is 0.132. The zero-order valence-electron chi connectivity index (χ0n) is 26.0. The molecule has 0 amide bonds. The highest BCUT2D eigenvalue weighted by Gasteiger charge is 2.19. The predicted octanol–water partition coefficient (Wildman–Crippen LogP) is 8.88. The molecule has 0 nitrogen and oxygen atoms in total. The van der Waals surface area contributed by atoms with Crippen molar-refractivity contribution in [2.24, 2.45) is 0 Å². The molecule has 0 aliphatic rings. The molecule has 196 valence electrons. The molecule has 0 spiro atoms. The maximum Gasteiger partial charge on any atom is 0.129 e. The fourth-order valence-corrected chi connectivity index (χ4v) is 5.35. The monoisotopic (exact) mass is 540 g/mol. The highest BCUT2D eigenvalue weighted by atomic mass is 28.3. The van der Waals surface area contributed by atoms with Gasteiger partial charge in [-0.25, -0.2) is 0 Å². The van der Waals surface area contributed by atoms with Crippen LogP contribution in [0.25, 0.3) is 0 Å². The molecule has 0 aliphatic heterocycles. The Bertz CT molecular complexity index is 1270. The second kappa shape index (κ2) is 11.3. The Morgan fingerprint density at radius 2 is 0.946 bits per heavy atom. The standard InChI is InChI=1S/C34H48Si3/c1-26-21-31(34(3,4)5)22-27(2)32(26)25-33-29(16-19-36(9,10)11)23-28(15-18-35(6,7)8)24-30(33)17-20-37(12,13)14/h21-24H,25H2,1-14H3. The number of rotatable bonds is 2. The molecule has 0 fully saturated rings. The average molecular weight is 541 g/mol. The third kappa shape index (κ3) is 10.2. The topological polar surface area (TPSA) is 0 Å². The van der Waals surface area contributed by atoms with Crippen molar-refractivity contribution < 1.29 is 0 Å². The molecule has 37 heavy (non-hydrogen) atoms. The summed E-state index contributed by atoms with van der Waals surface area (Å²) >= 11 is 0. The quantitative estimate of drug-likeness (QED) is 0.263. The Morgan fingerprint density at radius 1 is 0.568 bits per heavy atom. The van der Waals surface area contributed by atoms with E-state index < -0.39 is 24.2 Å². The summed E-state index contributed by atoms with van der Waals surface area (Å²) in [5.74, 6) is 10.7. The Hall–Kier alpha value is -2.23. The first-order valence-corrected chi connectivity index (χ1v) is 24.0. The largest absolute Gasteiger partial charge is 0.129 e. The first-order chi connectivity index (χ1) is 16.6. The summed E-state index contributed by atoms with van der Waals surface area (Å²) in [7, 11) is -4.61. The lowest BCUT2D eigenvalue weighted by molar-refractivity contribution is 0.589. The smallest absolute Gasteiger partial charge is 0.127 e. The van der Waals surface area contributed by atoms with Gasteiger partial charge in [-0.1, -0.05) is 110 Å². The van der Waals surface area contributed by atoms with Crippen LogP contribution in [0.2, 0.25) is 58.9 Å².